The minimum absolute atomic E-state index is 0.0207. The van der Waals surface area contributed by atoms with Gasteiger partial charge in [-0.25, -0.2) is 4.79 Å². The average Bonchev–Trinajstić information content (AvgIpc) is 3.33. The second-order valence-corrected chi connectivity index (χ2v) is 6.11. The minimum Gasteiger partial charge on any atom is -0.450 e. The lowest BCUT2D eigenvalue weighted by Crippen LogP contribution is -2.04. The first kappa shape index (κ1) is 17.7. The quantitative estimate of drug-likeness (QED) is 0.275. The number of furan rings is 1. The Morgan fingerprint density at radius 2 is 1.89 bits per heavy atom. The van der Waals surface area contributed by atoms with Crippen LogP contribution in [0.2, 0.25) is 5.02 Å². The first-order valence-corrected chi connectivity index (χ1v) is 8.31. The Morgan fingerprint density at radius 3 is 2.64 bits per heavy atom. The molecule has 28 heavy (non-hydrogen) atoms. The van der Waals surface area contributed by atoms with Gasteiger partial charge in [0.1, 0.15) is 5.58 Å². The summed E-state index contributed by atoms with van der Waals surface area (Å²) in [6, 6.07) is 12.1. The Balaban J connectivity index is 1.43. The number of nitro groups is 1. The van der Waals surface area contributed by atoms with Crippen molar-refractivity contribution < 1.29 is 23.3 Å². The van der Waals surface area contributed by atoms with Gasteiger partial charge in [0, 0.05) is 28.1 Å². The van der Waals surface area contributed by atoms with Gasteiger partial charge in [0.25, 0.3) is 11.6 Å². The number of non-ortho nitro benzene ring substituents is 1. The number of benzene rings is 2. The minimum atomic E-state index is -0.692. The maximum Gasteiger partial charge on any atom is 0.374 e. The lowest BCUT2D eigenvalue weighted by molar-refractivity contribution is -0.384. The van der Waals surface area contributed by atoms with Gasteiger partial charge in [0.05, 0.1) is 4.92 Å². The van der Waals surface area contributed by atoms with Crippen molar-refractivity contribution in [3.8, 4) is 11.5 Å². The molecule has 0 aliphatic carbocycles. The molecule has 0 radical (unpaired) electrons. The van der Waals surface area contributed by atoms with Crippen molar-refractivity contribution in [2.24, 2.45) is 0 Å². The van der Waals surface area contributed by atoms with E-state index in [0.717, 1.165) is 0 Å². The number of hydrogen-bond donors (Lipinski definition) is 0. The highest BCUT2D eigenvalue weighted by Gasteiger charge is 2.17. The van der Waals surface area contributed by atoms with Crippen LogP contribution in [0.25, 0.3) is 22.4 Å². The molecule has 0 aliphatic rings. The summed E-state index contributed by atoms with van der Waals surface area (Å²) < 4.78 is 16.0. The molecular formula is C18H10ClN3O6. The second kappa shape index (κ2) is 7.12. The van der Waals surface area contributed by atoms with E-state index in [9.17, 15) is 14.9 Å². The predicted octanol–water partition coefficient (Wildman–Crippen LogP) is 4.40. The molecule has 2 aromatic carbocycles. The van der Waals surface area contributed by atoms with Crippen LogP contribution in [0, 0.1) is 10.1 Å². The second-order valence-electron chi connectivity index (χ2n) is 5.67. The zero-order valence-corrected chi connectivity index (χ0v) is 14.8. The topological polar surface area (TPSA) is 122 Å². The van der Waals surface area contributed by atoms with Crippen LogP contribution in [0.1, 0.15) is 16.4 Å². The molecule has 0 atom stereocenters. The normalized spacial score (nSPS) is 10.9. The van der Waals surface area contributed by atoms with E-state index in [1.165, 1.54) is 30.3 Å². The first-order valence-electron chi connectivity index (χ1n) is 7.93. The number of fused-ring (bicyclic) bond motifs is 1. The van der Waals surface area contributed by atoms with E-state index in [2.05, 4.69) is 10.2 Å². The number of hydrogen-bond acceptors (Lipinski definition) is 8. The van der Waals surface area contributed by atoms with Gasteiger partial charge in [-0.3, -0.25) is 10.1 Å². The van der Waals surface area contributed by atoms with E-state index in [0.29, 0.717) is 21.6 Å². The third kappa shape index (κ3) is 3.55. The van der Waals surface area contributed by atoms with Gasteiger partial charge in [0.2, 0.25) is 11.7 Å². The molecule has 0 spiro atoms. The Labute approximate surface area is 161 Å². The molecule has 0 fully saturated rings. The van der Waals surface area contributed by atoms with Crippen molar-refractivity contribution in [2.75, 3.05) is 0 Å². The van der Waals surface area contributed by atoms with Crippen LogP contribution in [-0.4, -0.2) is 21.1 Å². The monoisotopic (exact) mass is 399 g/mol. The lowest BCUT2D eigenvalue weighted by atomic mass is 10.2. The molecule has 0 amide bonds. The Hall–Kier alpha value is -3.72. The fraction of sp³-hybridized carbons (Fsp3) is 0.0556. The van der Waals surface area contributed by atoms with Crippen LogP contribution in [-0.2, 0) is 11.3 Å². The van der Waals surface area contributed by atoms with E-state index >= 15 is 0 Å². The van der Waals surface area contributed by atoms with Crippen molar-refractivity contribution in [3.63, 3.8) is 0 Å². The third-order valence-electron chi connectivity index (χ3n) is 3.80. The average molecular weight is 400 g/mol. The van der Waals surface area contributed by atoms with Gasteiger partial charge in [-0.15, -0.1) is 10.2 Å². The molecule has 4 aromatic rings. The van der Waals surface area contributed by atoms with Gasteiger partial charge in [-0.2, -0.15) is 0 Å². The van der Waals surface area contributed by atoms with Gasteiger partial charge in [-0.1, -0.05) is 11.6 Å². The van der Waals surface area contributed by atoms with Crippen LogP contribution >= 0.6 is 11.6 Å². The van der Waals surface area contributed by atoms with E-state index in [1.54, 1.807) is 18.2 Å². The fourth-order valence-corrected chi connectivity index (χ4v) is 2.65. The van der Waals surface area contributed by atoms with Crippen LogP contribution in [0.4, 0.5) is 5.69 Å². The van der Waals surface area contributed by atoms with Crippen molar-refractivity contribution in [3.05, 3.63) is 75.3 Å². The van der Waals surface area contributed by atoms with E-state index in [4.69, 9.17) is 25.2 Å². The van der Waals surface area contributed by atoms with Crippen LogP contribution in [0.3, 0.4) is 0 Å². The highest BCUT2D eigenvalue weighted by Crippen LogP contribution is 2.24. The summed E-state index contributed by atoms with van der Waals surface area (Å²) in [6.45, 7) is -0.253. The predicted molar refractivity (Wildman–Crippen MR) is 96.7 cm³/mol. The number of rotatable bonds is 5. The number of esters is 1. The number of nitro benzene ring substituents is 1. The highest BCUT2D eigenvalue weighted by atomic mass is 35.5. The fourth-order valence-electron chi connectivity index (χ4n) is 2.47. The van der Waals surface area contributed by atoms with Crippen molar-refractivity contribution >= 4 is 34.2 Å². The molecule has 2 aromatic heterocycles. The zero-order valence-electron chi connectivity index (χ0n) is 14.0. The zero-order chi connectivity index (χ0) is 19.7. The Kier molecular flexibility index (Phi) is 4.50. The Bertz CT molecular complexity index is 1180. The summed E-state index contributed by atoms with van der Waals surface area (Å²) in [6.07, 6.45) is 0. The molecular weight excluding hydrogens is 390 g/mol. The van der Waals surface area contributed by atoms with Gasteiger partial charge < -0.3 is 13.6 Å². The number of aromatic nitrogens is 2. The van der Waals surface area contributed by atoms with Gasteiger partial charge >= 0.3 is 5.97 Å². The Morgan fingerprint density at radius 1 is 1.11 bits per heavy atom. The molecule has 10 heteroatoms. The molecule has 9 nitrogen and oxygen atoms in total. The molecule has 0 bridgehead atoms. The molecule has 0 saturated heterocycles. The van der Waals surface area contributed by atoms with Crippen LogP contribution in [0.15, 0.2) is 57.4 Å². The molecule has 2 heterocycles. The van der Waals surface area contributed by atoms with Gasteiger partial charge in [-0.05, 0) is 36.4 Å². The smallest absolute Gasteiger partial charge is 0.374 e. The van der Waals surface area contributed by atoms with Crippen LogP contribution in [0.5, 0.6) is 0 Å². The third-order valence-corrected chi connectivity index (χ3v) is 4.03. The van der Waals surface area contributed by atoms with E-state index in [1.807, 2.05) is 0 Å². The number of halogens is 1. The number of carbonyl (C=O) groups is 1. The summed E-state index contributed by atoms with van der Waals surface area (Å²) in [7, 11) is 0. The molecule has 0 N–H and O–H groups in total. The first-order chi connectivity index (χ1) is 13.5. The molecule has 0 unspecified atom stereocenters. The summed E-state index contributed by atoms with van der Waals surface area (Å²) in [5.74, 6) is -0.449. The van der Waals surface area contributed by atoms with Crippen molar-refractivity contribution in [2.45, 2.75) is 6.61 Å². The van der Waals surface area contributed by atoms with E-state index in [-0.39, 0.29) is 29.8 Å². The molecule has 0 aliphatic heterocycles. The SMILES string of the molecule is O=C(OCc1nnc(-c2ccc([N+](=O)[O-])cc2)o1)c1cc2cc(Cl)ccc2o1. The van der Waals surface area contributed by atoms with E-state index < -0.39 is 10.9 Å². The summed E-state index contributed by atoms with van der Waals surface area (Å²) >= 11 is 5.91. The largest absolute Gasteiger partial charge is 0.450 e. The molecule has 140 valence electrons. The maximum absolute atomic E-state index is 12.1. The van der Waals surface area contributed by atoms with Gasteiger partial charge in [0.15, 0.2) is 6.61 Å². The van der Waals surface area contributed by atoms with Crippen molar-refractivity contribution in [1.29, 1.82) is 0 Å². The summed E-state index contributed by atoms with van der Waals surface area (Å²) in [5, 5.41) is 19.5. The number of ether oxygens (including phenoxy) is 1. The van der Waals surface area contributed by atoms with Crippen LogP contribution < -0.4 is 0 Å². The number of carbonyl (C=O) groups excluding carboxylic acids is 1. The molecule has 0 saturated carbocycles. The summed E-state index contributed by atoms with van der Waals surface area (Å²) in [4.78, 5) is 22.3. The number of nitrogens with zero attached hydrogens (tertiary/aromatic N) is 3. The molecule has 4 rings (SSSR count). The highest BCUT2D eigenvalue weighted by molar-refractivity contribution is 6.31. The lowest BCUT2D eigenvalue weighted by Gasteiger charge is -1.98. The maximum atomic E-state index is 12.1. The van der Waals surface area contributed by atoms with Crippen molar-refractivity contribution in [1.82, 2.24) is 10.2 Å². The standard InChI is InChI=1S/C18H10ClN3O6/c19-12-3-6-14-11(7-12)8-15(27-14)18(23)26-9-16-20-21-17(28-16)10-1-4-13(5-2-10)22(24)25/h1-8H,9H2. The summed E-state index contributed by atoms with van der Waals surface area (Å²) in [5.41, 5.74) is 0.962.